The van der Waals surface area contributed by atoms with Crippen molar-refractivity contribution in [2.24, 2.45) is 0 Å². The van der Waals surface area contributed by atoms with Gasteiger partial charge >= 0.3 is 0 Å². The maximum absolute atomic E-state index is 11.9. The highest BCUT2D eigenvalue weighted by atomic mass is 16.5. The fourth-order valence-electron chi connectivity index (χ4n) is 2.66. The van der Waals surface area contributed by atoms with Crippen molar-refractivity contribution in [3.63, 3.8) is 0 Å². The minimum Gasteiger partial charge on any atom is -0.372 e. The van der Waals surface area contributed by atoms with Gasteiger partial charge in [-0.2, -0.15) is 0 Å². The van der Waals surface area contributed by atoms with Crippen molar-refractivity contribution < 1.29 is 19.1 Å². The molecular formula is C17H32N2O4. The van der Waals surface area contributed by atoms with E-state index in [0.717, 1.165) is 38.8 Å². The molecule has 0 bridgehead atoms. The smallest absolute Gasteiger partial charge is 0.248 e. The standard InChI is InChI=1S/C17H32N2O4/c1-4-18(16(20)13-22-5-2)12-8-9-15(3)23-14-17(21)19-10-6-7-11-19/h15H,4-14H2,1-3H3. The minimum absolute atomic E-state index is 0.0299. The second-order valence-corrected chi connectivity index (χ2v) is 5.96. The second kappa shape index (κ2) is 11.4. The molecule has 0 N–H and O–H groups in total. The number of rotatable bonds is 11. The summed E-state index contributed by atoms with van der Waals surface area (Å²) in [4.78, 5) is 27.5. The van der Waals surface area contributed by atoms with Crippen LogP contribution in [-0.4, -0.2) is 73.7 Å². The Morgan fingerprint density at radius 1 is 1.17 bits per heavy atom. The number of carbonyl (C=O) groups is 2. The van der Waals surface area contributed by atoms with Gasteiger partial charge in [0.15, 0.2) is 0 Å². The third-order valence-corrected chi connectivity index (χ3v) is 4.15. The van der Waals surface area contributed by atoms with Crippen LogP contribution in [0.4, 0.5) is 0 Å². The molecule has 1 saturated heterocycles. The summed E-state index contributed by atoms with van der Waals surface area (Å²) in [6.07, 6.45) is 3.94. The third kappa shape index (κ3) is 7.79. The Balaban J connectivity index is 2.15. The molecule has 1 heterocycles. The Morgan fingerprint density at radius 3 is 2.48 bits per heavy atom. The number of ether oxygens (including phenoxy) is 2. The van der Waals surface area contributed by atoms with E-state index in [1.165, 1.54) is 0 Å². The highest BCUT2D eigenvalue weighted by Gasteiger charge is 2.18. The lowest BCUT2D eigenvalue weighted by atomic mass is 10.2. The molecule has 6 heteroatoms. The zero-order valence-corrected chi connectivity index (χ0v) is 14.9. The van der Waals surface area contributed by atoms with Gasteiger partial charge in [0.1, 0.15) is 13.2 Å². The molecule has 1 aliphatic heterocycles. The normalized spacial score (nSPS) is 15.7. The van der Waals surface area contributed by atoms with Gasteiger partial charge in [-0.1, -0.05) is 0 Å². The Hall–Kier alpha value is -1.14. The van der Waals surface area contributed by atoms with Crippen molar-refractivity contribution >= 4 is 11.8 Å². The Kier molecular flexibility index (Phi) is 9.87. The predicted octanol–water partition coefficient (Wildman–Crippen LogP) is 1.68. The average Bonchev–Trinajstić information content (AvgIpc) is 3.09. The van der Waals surface area contributed by atoms with Gasteiger partial charge in [-0.3, -0.25) is 9.59 Å². The molecule has 134 valence electrons. The zero-order valence-electron chi connectivity index (χ0n) is 14.9. The van der Waals surface area contributed by atoms with Crippen LogP contribution in [0.15, 0.2) is 0 Å². The SMILES string of the molecule is CCOCC(=O)N(CC)CCCC(C)OCC(=O)N1CCCC1. The van der Waals surface area contributed by atoms with E-state index >= 15 is 0 Å². The van der Waals surface area contributed by atoms with E-state index in [1.807, 2.05) is 25.7 Å². The second-order valence-electron chi connectivity index (χ2n) is 5.96. The van der Waals surface area contributed by atoms with Crippen LogP contribution < -0.4 is 0 Å². The van der Waals surface area contributed by atoms with Crippen LogP contribution in [-0.2, 0) is 19.1 Å². The Morgan fingerprint density at radius 2 is 1.87 bits per heavy atom. The van der Waals surface area contributed by atoms with Crippen LogP contribution in [0.1, 0.15) is 46.5 Å². The van der Waals surface area contributed by atoms with E-state index in [0.29, 0.717) is 19.7 Å². The van der Waals surface area contributed by atoms with Crippen molar-refractivity contribution in [3.8, 4) is 0 Å². The molecule has 0 aromatic carbocycles. The van der Waals surface area contributed by atoms with Crippen molar-refractivity contribution in [1.29, 1.82) is 0 Å². The van der Waals surface area contributed by atoms with Gasteiger partial charge in [-0.05, 0) is 46.5 Å². The maximum atomic E-state index is 11.9. The van der Waals surface area contributed by atoms with Crippen molar-refractivity contribution in [2.45, 2.75) is 52.6 Å². The first-order valence-electron chi connectivity index (χ1n) is 8.83. The van der Waals surface area contributed by atoms with Gasteiger partial charge in [-0.25, -0.2) is 0 Å². The van der Waals surface area contributed by atoms with E-state index in [9.17, 15) is 9.59 Å². The van der Waals surface area contributed by atoms with E-state index in [2.05, 4.69) is 0 Å². The summed E-state index contributed by atoms with van der Waals surface area (Å²) in [6.45, 7) is 9.83. The van der Waals surface area contributed by atoms with Gasteiger partial charge in [0.25, 0.3) is 0 Å². The van der Waals surface area contributed by atoms with E-state index in [1.54, 1.807) is 4.90 Å². The zero-order chi connectivity index (χ0) is 17.1. The minimum atomic E-state index is 0.0299. The molecule has 0 aromatic heterocycles. The first-order chi connectivity index (χ1) is 11.1. The molecule has 1 fully saturated rings. The third-order valence-electron chi connectivity index (χ3n) is 4.15. The van der Waals surface area contributed by atoms with E-state index in [4.69, 9.17) is 9.47 Å². The monoisotopic (exact) mass is 328 g/mol. The molecule has 1 unspecified atom stereocenters. The van der Waals surface area contributed by atoms with Crippen LogP contribution in [0, 0.1) is 0 Å². The number of likely N-dealkylation sites (N-methyl/N-ethyl adjacent to an activating group) is 1. The average molecular weight is 328 g/mol. The lowest BCUT2D eigenvalue weighted by molar-refractivity contribution is -0.136. The van der Waals surface area contributed by atoms with Gasteiger partial charge in [0.05, 0.1) is 6.10 Å². The van der Waals surface area contributed by atoms with Crippen LogP contribution in [0.25, 0.3) is 0 Å². The summed E-state index contributed by atoms with van der Waals surface area (Å²) in [5, 5.41) is 0. The number of hydrogen-bond donors (Lipinski definition) is 0. The number of carbonyl (C=O) groups excluding carboxylic acids is 2. The molecule has 0 aliphatic carbocycles. The molecule has 0 radical (unpaired) electrons. The summed E-state index contributed by atoms with van der Waals surface area (Å²) in [7, 11) is 0. The molecule has 1 atom stereocenters. The lowest BCUT2D eigenvalue weighted by Crippen LogP contribution is -2.35. The van der Waals surface area contributed by atoms with Gasteiger partial charge in [0.2, 0.25) is 11.8 Å². The molecule has 1 rings (SSSR count). The number of nitrogens with zero attached hydrogens (tertiary/aromatic N) is 2. The first-order valence-corrected chi connectivity index (χ1v) is 8.83. The van der Waals surface area contributed by atoms with Gasteiger partial charge in [0, 0.05) is 32.8 Å². The van der Waals surface area contributed by atoms with Crippen LogP contribution in [0.5, 0.6) is 0 Å². The molecule has 1 aliphatic rings. The summed E-state index contributed by atoms with van der Waals surface area (Å²) in [5.74, 6) is 0.128. The Bertz CT molecular complexity index is 357. The van der Waals surface area contributed by atoms with E-state index in [-0.39, 0.29) is 31.1 Å². The summed E-state index contributed by atoms with van der Waals surface area (Å²) < 4.78 is 10.8. The first kappa shape index (κ1) is 19.9. The van der Waals surface area contributed by atoms with Crippen molar-refractivity contribution in [3.05, 3.63) is 0 Å². The largest absolute Gasteiger partial charge is 0.372 e. The number of likely N-dealkylation sites (tertiary alicyclic amines) is 1. The topological polar surface area (TPSA) is 59.1 Å². The fourth-order valence-corrected chi connectivity index (χ4v) is 2.66. The summed E-state index contributed by atoms with van der Waals surface area (Å²) in [6, 6.07) is 0. The maximum Gasteiger partial charge on any atom is 0.248 e. The molecule has 2 amide bonds. The fraction of sp³-hybridized carbons (Fsp3) is 0.882. The summed E-state index contributed by atoms with van der Waals surface area (Å²) >= 11 is 0. The lowest BCUT2D eigenvalue weighted by Gasteiger charge is -2.22. The molecule has 23 heavy (non-hydrogen) atoms. The van der Waals surface area contributed by atoms with Crippen molar-refractivity contribution in [2.75, 3.05) is 46.0 Å². The van der Waals surface area contributed by atoms with Crippen LogP contribution in [0.2, 0.25) is 0 Å². The van der Waals surface area contributed by atoms with Gasteiger partial charge < -0.3 is 19.3 Å². The van der Waals surface area contributed by atoms with Crippen molar-refractivity contribution in [1.82, 2.24) is 9.80 Å². The molecule has 0 spiro atoms. The number of hydrogen-bond acceptors (Lipinski definition) is 4. The van der Waals surface area contributed by atoms with Crippen LogP contribution in [0.3, 0.4) is 0 Å². The molecular weight excluding hydrogens is 296 g/mol. The quantitative estimate of drug-likeness (QED) is 0.579. The van der Waals surface area contributed by atoms with E-state index < -0.39 is 0 Å². The Labute approximate surface area is 140 Å². The van der Waals surface area contributed by atoms with Crippen LogP contribution >= 0.6 is 0 Å². The molecule has 6 nitrogen and oxygen atoms in total. The van der Waals surface area contributed by atoms with Gasteiger partial charge in [-0.15, -0.1) is 0 Å². The highest BCUT2D eigenvalue weighted by Crippen LogP contribution is 2.09. The highest BCUT2D eigenvalue weighted by molar-refractivity contribution is 5.77. The molecule has 0 saturated carbocycles. The summed E-state index contributed by atoms with van der Waals surface area (Å²) in [5.41, 5.74) is 0. The number of amides is 2. The predicted molar refractivity (Wildman–Crippen MR) is 89.2 cm³/mol. The molecule has 0 aromatic rings.